The van der Waals surface area contributed by atoms with Crippen LogP contribution >= 0.6 is 27.3 Å². The maximum Gasteiger partial charge on any atom is 0.271 e. The van der Waals surface area contributed by atoms with E-state index in [4.69, 9.17) is 0 Å². The van der Waals surface area contributed by atoms with Crippen molar-refractivity contribution in [3.05, 3.63) is 79.3 Å². The number of H-pyrrole nitrogens is 1. The molecule has 3 aromatic rings. The van der Waals surface area contributed by atoms with Crippen LogP contribution in [0.5, 0.6) is 0 Å². The van der Waals surface area contributed by atoms with Crippen LogP contribution < -0.4 is 16.2 Å². The minimum atomic E-state index is -0.448. The average Bonchev–Trinajstić information content (AvgIpc) is 3.13. The molecule has 0 bridgehead atoms. The van der Waals surface area contributed by atoms with Gasteiger partial charge in [-0.05, 0) is 51.6 Å². The number of hydrogen-bond acceptors (Lipinski definition) is 4. The van der Waals surface area contributed by atoms with E-state index in [2.05, 4.69) is 31.5 Å². The maximum absolute atomic E-state index is 12.4. The molecule has 3 rings (SSSR count). The number of benzene rings is 1. The van der Waals surface area contributed by atoms with Crippen LogP contribution in [0.1, 0.15) is 20.0 Å². The molecule has 0 saturated carbocycles. The van der Waals surface area contributed by atoms with Crippen molar-refractivity contribution in [2.75, 3.05) is 10.6 Å². The van der Waals surface area contributed by atoms with Crippen LogP contribution in [-0.4, -0.2) is 16.8 Å². The van der Waals surface area contributed by atoms with E-state index >= 15 is 0 Å². The molecular weight excluding hydrogens is 406 g/mol. The summed E-state index contributed by atoms with van der Waals surface area (Å²) >= 11 is 4.56. The van der Waals surface area contributed by atoms with Gasteiger partial charge in [0.1, 0.15) is 5.69 Å². The molecule has 0 aliphatic heterocycles. The highest BCUT2D eigenvalue weighted by molar-refractivity contribution is 9.10. The topological polar surface area (TPSA) is 91.1 Å². The van der Waals surface area contributed by atoms with E-state index in [-0.39, 0.29) is 11.6 Å². The summed E-state index contributed by atoms with van der Waals surface area (Å²) in [6.45, 7) is 0. The first-order valence-corrected chi connectivity index (χ1v) is 8.85. The van der Waals surface area contributed by atoms with E-state index < -0.39 is 11.5 Å². The van der Waals surface area contributed by atoms with Crippen LogP contribution in [0.4, 0.5) is 11.4 Å². The number of halogens is 1. The number of thiophene rings is 1. The van der Waals surface area contributed by atoms with Gasteiger partial charge in [-0.25, -0.2) is 0 Å². The number of rotatable bonds is 4. The van der Waals surface area contributed by atoms with Crippen molar-refractivity contribution >= 4 is 50.5 Å². The maximum atomic E-state index is 12.4. The molecule has 0 radical (unpaired) electrons. The highest BCUT2D eigenvalue weighted by Gasteiger charge is 2.11. The summed E-state index contributed by atoms with van der Waals surface area (Å²) in [4.78, 5) is 39.3. The minimum absolute atomic E-state index is 0.132. The Bertz CT molecular complexity index is 983. The van der Waals surface area contributed by atoms with E-state index in [9.17, 15) is 14.4 Å². The van der Waals surface area contributed by atoms with Gasteiger partial charge in [0.05, 0.1) is 4.88 Å². The molecule has 3 N–H and O–H groups in total. The molecule has 0 atom stereocenters. The van der Waals surface area contributed by atoms with Crippen LogP contribution in [0.25, 0.3) is 0 Å². The largest absolute Gasteiger partial charge is 0.326 e. The Morgan fingerprint density at radius 1 is 1.04 bits per heavy atom. The summed E-state index contributed by atoms with van der Waals surface area (Å²) in [6, 6.07) is 11.5. The second-order valence-electron chi connectivity index (χ2n) is 5.03. The molecular formula is C17H12BrN3O3S. The summed E-state index contributed by atoms with van der Waals surface area (Å²) in [5.41, 5.74) is 0.545. The molecule has 0 aliphatic carbocycles. The molecule has 2 heterocycles. The van der Waals surface area contributed by atoms with Gasteiger partial charge in [0.2, 0.25) is 0 Å². The minimum Gasteiger partial charge on any atom is -0.326 e. The number of hydrogen-bond donors (Lipinski definition) is 3. The Labute approximate surface area is 155 Å². The number of nitrogens with one attached hydrogen (secondary N) is 3. The molecule has 6 nitrogen and oxygen atoms in total. The van der Waals surface area contributed by atoms with Crippen molar-refractivity contribution in [3.8, 4) is 0 Å². The van der Waals surface area contributed by atoms with Gasteiger partial charge in [0.15, 0.2) is 0 Å². The van der Waals surface area contributed by atoms with Gasteiger partial charge in [-0.3, -0.25) is 14.4 Å². The fraction of sp³-hybridized carbons (Fsp3) is 0. The lowest BCUT2D eigenvalue weighted by Gasteiger charge is -2.08. The van der Waals surface area contributed by atoms with Crippen LogP contribution in [0.2, 0.25) is 0 Å². The SMILES string of the molecule is O=C(Nc1cc(Br)c[nH]c1=O)c1cccc(NC(=O)c2cccs2)c1. The summed E-state index contributed by atoms with van der Waals surface area (Å²) in [5, 5.41) is 7.11. The van der Waals surface area contributed by atoms with Gasteiger partial charge >= 0.3 is 0 Å². The fourth-order valence-electron chi connectivity index (χ4n) is 2.08. The molecule has 126 valence electrons. The number of anilines is 2. The van der Waals surface area contributed by atoms with E-state index in [0.29, 0.717) is 20.6 Å². The monoisotopic (exact) mass is 417 g/mol. The molecule has 0 saturated heterocycles. The predicted octanol–water partition coefficient (Wildman–Crippen LogP) is 3.70. The number of carbonyl (C=O) groups excluding carboxylic acids is 2. The van der Waals surface area contributed by atoms with Crippen molar-refractivity contribution in [1.82, 2.24) is 4.98 Å². The number of pyridine rings is 1. The Balaban J connectivity index is 1.76. The van der Waals surface area contributed by atoms with Crippen molar-refractivity contribution < 1.29 is 9.59 Å². The quantitative estimate of drug-likeness (QED) is 0.604. The lowest BCUT2D eigenvalue weighted by atomic mass is 10.2. The third-order valence-electron chi connectivity index (χ3n) is 3.24. The predicted molar refractivity (Wildman–Crippen MR) is 101 cm³/mol. The molecule has 0 spiro atoms. The summed E-state index contributed by atoms with van der Waals surface area (Å²) in [6.07, 6.45) is 1.48. The molecule has 0 fully saturated rings. The van der Waals surface area contributed by atoms with Crippen molar-refractivity contribution in [3.63, 3.8) is 0 Å². The van der Waals surface area contributed by atoms with Crippen molar-refractivity contribution in [1.29, 1.82) is 0 Å². The average molecular weight is 418 g/mol. The van der Waals surface area contributed by atoms with E-state index in [0.717, 1.165) is 0 Å². The molecule has 2 amide bonds. The number of carbonyl (C=O) groups is 2. The molecule has 0 unspecified atom stereocenters. The second-order valence-corrected chi connectivity index (χ2v) is 6.89. The van der Waals surface area contributed by atoms with Gasteiger partial charge in [-0.1, -0.05) is 12.1 Å². The molecule has 2 aromatic heterocycles. The van der Waals surface area contributed by atoms with Gasteiger partial charge < -0.3 is 15.6 Å². The summed E-state index contributed by atoms with van der Waals surface area (Å²) < 4.78 is 0.638. The molecule has 0 aliphatic rings. The Morgan fingerprint density at radius 3 is 2.64 bits per heavy atom. The van der Waals surface area contributed by atoms with Crippen LogP contribution in [-0.2, 0) is 0 Å². The lowest BCUT2D eigenvalue weighted by Crippen LogP contribution is -2.19. The van der Waals surface area contributed by atoms with E-state index in [1.807, 2.05) is 5.38 Å². The Hall–Kier alpha value is -2.71. The lowest BCUT2D eigenvalue weighted by molar-refractivity contribution is 0.101. The molecule has 8 heteroatoms. The third-order valence-corrected chi connectivity index (χ3v) is 4.57. The molecule has 25 heavy (non-hydrogen) atoms. The number of aromatic nitrogens is 1. The number of amides is 2. The van der Waals surface area contributed by atoms with Crippen molar-refractivity contribution in [2.24, 2.45) is 0 Å². The smallest absolute Gasteiger partial charge is 0.271 e. The highest BCUT2D eigenvalue weighted by Crippen LogP contribution is 2.16. The van der Waals surface area contributed by atoms with Crippen LogP contribution in [0, 0.1) is 0 Å². The zero-order valence-corrected chi connectivity index (χ0v) is 15.1. The molecule has 1 aromatic carbocycles. The Morgan fingerprint density at radius 2 is 1.88 bits per heavy atom. The highest BCUT2D eigenvalue weighted by atomic mass is 79.9. The van der Waals surface area contributed by atoms with Gasteiger partial charge in [0, 0.05) is 21.9 Å². The Kier molecular flexibility index (Phi) is 5.11. The first-order valence-electron chi connectivity index (χ1n) is 7.17. The standard InChI is InChI=1S/C17H12BrN3O3S/c18-11-8-13(16(23)19-9-11)21-15(22)10-3-1-4-12(7-10)20-17(24)14-5-2-6-25-14/h1-9H,(H,19,23)(H,20,24)(H,21,22). The van der Waals surface area contributed by atoms with E-state index in [1.165, 1.54) is 23.6 Å². The fourth-order valence-corrected chi connectivity index (χ4v) is 3.05. The second kappa shape index (κ2) is 7.45. The van der Waals surface area contributed by atoms with Gasteiger partial charge in [-0.15, -0.1) is 11.3 Å². The van der Waals surface area contributed by atoms with Gasteiger partial charge in [0.25, 0.3) is 17.4 Å². The van der Waals surface area contributed by atoms with E-state index in [1.54, 1.807) is 36.4 Å². The van der Waals surface area contributed by atoms with Gasteiger partial charge in [-0.2, -0.15) is 0 Å². The van der Waals surface area contributed by atoms with Crippen LogP contribution in [0.15, 0.2) is 63.3 Å². The number of aromatic amines is 1. The zero-order valence-electron chi connectivity index (χ0n) is 12.7. The van der Waals surface area contributed by atoms with Crippen molar-refractivity contribution in [2.45, 2.75) is 0 Å². The first-order chi connectivity index (χ1) is 12.0. The normalized spacial score (nSPS) is 10.3. The first kappa shape index (κ1) is 17.1. The summed E-state index contributed by atoms with van der Waals surface area (Å²) in [5.74, 6) is -0.688. The summed E-state index contributed by atoms with van der Waals surface area (Å²) in [7, 11) is 0. The third kappa shape index (κ3) is 4.23. The van der Waals surface area contributed by atoms with Crippen LogP contribution in [0.3, 0.4) is 0 Å². The zero-order chi connectivity index (χ0) is 17.8.